The summed E-state index contributed by atoms with van der Waals surface area (Å²) < 4.78 is 16.6. The maximum Gasteiger partial charge on any atom is 0.305 e. The molecule has 0 radical (unpaired) electrons. The standard InChI is InChI=1S/C56H101NO10/c1-3-5-7-9-11-13-23-28-32-36-40-44-52(61)65-45-41-37-33-29-25-22-20-18-16-14-15-17-19-21-24-27-31-35-39-43-51(60)57-48(49(59)42-38-34-30-26-12-10-8-6-4-2)47-66-56-55(64)54(63)53(62)50(46-58)67-56/h9,11,18,20,22,25,38,42,48-50,53-56,58-59,62-64H,3-8,10,12-17,19,21,23-24,26-37,39-41,43-47H2,1-2H3,(H,57,60)/b11-9-,20-18-,25-22-,42-38+. The summed E-state index contributed by atoms with van der Waals surface area (Å²) in [5.74, 6) is -0.236. The van der Waals surface area contributed by atoms with Gasteiger partial charge in [0, 0.05) is 12.8 Å². The molecule has 1 aliphatic heterocycles. The molecule has 1 amide bonds. The van der Waals surface area contributed by atoms with Crippen molar-refractivity contribution in [1.82, 2.24) is 5.32 Å². The van der Waals surface area contributed by atoms with Gasteiger partial charge < -0.3 is 45.1 Å². The molecule has 390 valence electrons. The van der Waals surface area contributed by atoms with E-state index in [9.17, 15) is 35.1 Å². The van der Waals surface area contributed by atoms with Crippen LogP contribution in [0, 0.1) is 0 Å². The van der Waals surface area contributed by atoms with Crippen LogP contribution in [0.1, 0.15) is 232 Å². The summed E-state index contributed by atoms with van der Waals surface area (Å²) in [4.78, 5) is 24.9. The normalized spacial score (nSPS) is 19.9. The van der Waals surface area contributed by atoms with Crippen LogP contribution in [0.3, 0.4) is 0 Å². The zero-order chi connectivity index (χ0) is 48.8. The van der Waals surface area contributed by atoms with Crippen molar-refractivity contribution in [2.45, 2.75) is 275 Å². The highest BCUT2D eigenvalue weighted by atomic mass is 16.7. The number of aliphatic hydroxyl groups is 5. The fourth-order valence-electron chi connectivity index (χ4n) is 8.23. The van der Waals surface area contributed by atoms with Gasteiger partial charge in [0.25, 0.3) is 0 Å². The van der Waals surface area contributed by atoms with E-state index in [-0.39, 0.29) is 18.5 Å². The Morgan fingerprint density at radius 1 is 0.552 bits per heavy atom. The highest BCUT2D eigenvalue weighted by molar-refractivity contribution is 5.76. The molecule has 7 unspecified atom stereocenters. The van der Waals surface area contributed by atoms with E-state index in [0.29, 0.717) is 19.4 Å². The van der Waals surface area contributed by atoms with Gasteiger partial charge in [-0.05, 0) is 83.5 Å². The number of allylic oxidation sites excluding steroid dienone is 7. The van der Waals surface area contributed by atoms with Gasteiger partial charge in [-0.1, -0.05) is 184 Å². The number of nitrogens with one attached hydrogen (secondary N) is 1. The molecule has 1 rings (SSSR count). The average Bonchev–Trinajstić information content (AvgIpc) is 3.32. The topological polar surface area (TPSA) is 175 Å². The molecule has 0 spiro atoms. The van der Waals surface area contributed by atoms with Gasteiger partial charge in [0.05, 0.1) is 32.0 Å². The van der Waals surface area contributed by atoms with E-state index in [2.05, 4.69) is 55.6 Å². The van der Waals surface area contributed by atoms with Crippen molar-refractivity contribution in [3.05, 3.63) is 48.6 Å². The molecule has 1 fully saturated rings. The summed E-state index contributed by atoms with van der Waals surface area (Å²) in [5.41, 5.74) is 0. The highest BCUT2D eigenvalue weighted by Crippen LogP contribution is 2.23. The second-order valence-corrected chi connectivity index (χ2v) is 19.0. The second kappa shape index (κ2) is 46.0. The molecular weight excluding hydrogens is 847 g/mol. The predicted molar refractivity (Wildman–Crippen MR) is 274 cm³/mol. The third-order valence-corrected chi connectivity index (χ3v) is 12.7. The molecule has 11 nitrogen and oxygen atoms in total. The van der Waals surface area contributed by atoms with E-state index in [4.69, 9.17) is 14.2 Å². The van der Waals surface area contributed by atoms with Gasteiger partial charge in [0.2, 0.25) is 5.91 Å². The number of ether oxygens (including phenoxy) is 3. The fourth-order valence-corrected chi connectivity index (χ4v) is 8.23. The number of aliphatic hydroxyl groups excluding tert-OH is 5. The number of hydrogen-bond donors (Lipinski definition) is 6. The van der Waals surface area contributed by atoms with E-state index in [1.807, 2.05) is 6.08 Å². The van der Waals surface area contributed by atoms with Gasteiger partial charge in [0.1, 0.15) is 24.4 Å². The lowest BCUT2D eigenvalue weighted by Gasteiger charge is -2.40. The smallest absolute Gasteiger partial charge is 0.305 e. The highest BCUT2D eigenvalue weighted by Gasteiger charge is 2.44. The van der Waals surface area contributed by atoms with Crippen LogP contribution in [-0.4, -0.2) is 100 Å². The number of hydrogen-bond acceptors (Lipinski definition) is 10. The summed E-state index contributed by atoms with van der Waals surface area (Å²) in [6.07, 6.45) is 46.3. The number of unbranched alkanes of at least 4 members (excludes halogenated alkanes) is 27. The molecule has 0 bridgehead atoms. The van der Waals surface area contributed by atoms with Crippen molar-refractivity contribution in [2.75, 3.05) is 19.8 Å². The molecule has 0 aromatic rings. The lowest BCUT2D eigenvalue weighted by Crippen LogP contribution is -2.60. The van der Waals surface area contributed by atoms with E-state index >= 15 is 0 Å². The second-order valence-electron chi connectivity index (χ2n) is 19.0. The van der Waals surface area contributed by atoms with Crippen molar-refractivity contribution in [1.29, 1.82) is 0 Å². The molecule has 1 heterocycles. The Morgan fingerprint density at radius 3 is 1.57 bits per heavy atom. The quantitative estimate of drug-likeness (QED) is 0.0149. The molecule has 1 saturated heterocycles. The van der Waals surface area contributed by atoms with Crippen molar-refractivity contribution in [2.24, 2.45) is 0 Å². The minimum atomic E-state index is -1.57. The van der Waals surface area contributed by atoms with Crippen LogP contribution in [-0.2, 0) is 23.8 Å². The van der Waals surface area contributed by atoms with Gasteiger partial charge in [-0.3, -0.25) is 9.59 Å². The van der Waals surface area contributed by atoms with E-state index in [0.717, 1.165) is 89.9 Å². The van der Waals surface area contributed by atoms with Crippen molar-refractivity contribution >= 4 is 11.9 Å². The molecule has 0 aromatic carbocycles. The van der Waals surface area contributed by atoms with Crippen LogP contribution in [0.5, 0.6) is 0 Å². The molecule has 0 saturated carbocycles. The Hall–Kier alpha value is -2.38. The SMILES string of the molecule is CCCC/C=C\CCCCCCCC(=O)OCCCCC/C=C\C=C/CCCCCCCCCCCCC(=O)NC(COC1OC(CO)C(O)C(O)C1O)C(O)/C=C/CCCCCCCCC. The lowest BCUT2D eigenvalue weighted by atomic mass is 9.99. The number of rotatable bonds is 46. The minimum Gasteiger partial charge on any atom is -0.466 e. The Labute approximate surface area is 408 Å². The monoisotopic (exact) mass is 948 g/mol. The Morgan fingerprint density at radius 2 is 1.01 bits per heavy atom. The summed E-state index contributed by atoms with van der Waals surface area (Å²) in [5, 5.41) is 54.1. The molecule has 0 aromatic heterocycles. The van der Waals surface area contributed by atoms with Crippen LogP contribution in [0.25, 0.3) is 0 Å². The predicted octanol–water partition coefficient (Wildman–Crippen LogP) is 11.7. The van der Waals surface area contributed by atoms with Crippen LogP contribution in [0.4, 0.5) is 0 Å². The maximum absolute atomic E-state index is 13.0. The number of amides is 1. The number of carbonyl (C=O) groups excluding carboxylic acids is 2. The molecule has 0 aliphatic carbocycles. The van der Waals surface area contributed by atoms with Crippen molar-refractivity contribution < 1.29 is 49.3 Å². The van der Waals surface area contributed by atoms with Crippen molar-refractivity contribution in [3.8, 4) is 0 Å². The van der Waals surface area contributed by atoms with Crippen molar-refractivity contribution in [3.63, 3.8) is 0 Å². The summed E-state index contributed by atoms with van der Waals surface area (Å²) in [7, 11) is 0. The van der Waals surface area contributed by atoms with E-state index in [1.54, 1.807) is 6.08 Å². The first-order valence-corrected chi connectivity index (χ1v) is 27.4. The van der Waals surface area contributed by atoms with Gasteiger partial charge >= 0.3 is 5.97 Å². The molecule has 7 atom stereocenters. The zero-order valence-corrected chi connectivity index (χ0v) is 42.6. The summed E-state index contributed by atoms with van der Waals surface area (Å²) in [6.45, 7) is 4.21. The number of carbonyl (C=O) groups is 2. The summed E-state index contributed by atoms with van der Waals surface area (Å²) in [6, 6.07) is -0.817. The summed E-state index contributed by atoms with van der Waals surface area (Å²) >= 11 is 0. The zero-order valence-electron chi connectivity index (χ0n) is 42.6. The average molecular weight is 948 g/mol. The van der Waals surface area contributed by atoms with Gasteiger partial charge in [-0.25, -0.2) is 0 Å². The first-order valence-electron chi connectivity index (χ1n) is 27.4. The van der Waals surface area contributed by atoms with Gasteiger partial charge in [-0.2, -0.15) is 0 Å². The largest absolute Gasteiger partial charge is 0.466 e. The molecule has 11 heteroatoms. The molecular formula is C56H101NO10. The fraction of sp³-hybridized carbons (Fsp3) is 0.821. The Bertz CT molecular complexity index is 1250. The van der Waals surface area contributed by atoms with E-state index in [1.165, 1.54) is 116 Å². The van der Waals surface area contributed by atoms with E-state index < -0.39 is 49.5 Å². The van der Waals surface area contributed by atoms with Gasteiger partial charge in [0.15, 0.2) is 6.29 Å². The molecule has 6 N–H and O–H groups in total. The minimum absolute atomic E-state index is 0.0403. The van der Waals surface area contributed by atoms with Crippen LogP contribution < -0.4 is 5.32 Å². The van der Waals surface area contributed by atoms with Crippen LogP contribution in [0.2, 0.25) is 0 Å². The third kappa shape index (κ3) is 36.3. The first kappa shape index (κ1) is 62.6. The Balaban J connectivity index is 2.10. The van der Waals surface area contributed by atoms with Crippen LogP contribution >= 0.6 is 0 Å². The molecule has 1 aliphatic rings. The molecule has 67 heavy (non-hydrogen) atoms. The number of esters is 1. The maximum atomic E-state index is 13.0. The van der Waals surface area contributed by atoms with Crippen LogP contribution in [0.15, 0.2) is 48.6 Å². The lowest BCUT2D eigenvalue weighted by molar-refractivity contribution is -0.302. The first-order chi connectivity index (χ1) is 32.7. The third-order valence-electron chi connectivity index (χ3n) is 12.7. The Kier molecular flexibility index (Phi) is 43.0. The van der Waals surface area contributed by atoms with Gasteiger partial charge in [-0.15, -0.1) is 0 Å².